The molecule has 0 amide bonds. The molecule has 1 fully saturated rings. The van der Waals surface area contributed by atoms with Crippen molar-refractivity contribution in [3.8, 4) is 16.9 Å². The van der Waals surface area contributed by atoms with Gasteiger partial charge in [0.15, 0.2) is 0 Å². The lowest BCUT2D eigenvalue weighted by molar-refractivity contribution is -0.145. The molecule has 49 heavy (non-hydrogen) atoms. The van der Waals surface area contributed by atoms with Crippen molar-refractivity contribution in [2.45, 2.75) is 53.5 Å². The van der Waals surface area contributed by atoms with Crippen LogP contribution in [0.1, 0.15) is 40.7 Å². The Hall–Kier alpha value is -3.36. The van der Waals surface area contributed by atoms with Gasteiger partial charge in [-0.05, 0) is 93.0 Å². The van der Waals surface area contributed by atoms with E-state index in [2.05, 4.69) is 31.3 Å². The third kappa shape index (κ3) is 12.8. The summed E-state index contributed by atoms with van der Waals surface area (Å²) in [5, 5.41) is 32.1. The molecule has 0 spiro atoms. The molecule has 0 aromatic heterocycles. The summed E-state index contributed by atoms with van der Waals surface area (Å²) in [4.78, 5) is 51.0. The first-order chi connectivity index (χ1) is 23.1. The van der Waals surface area contributed by atoms with Crippen LogP contribution in [0.25, 0.3) is 11.1 Å². The van der Waals surface area contributed by atoms with Crippen LogP contribution in [-0.4, -0.2) is 131 Å². The summed E-state index contributed by atoms with van der Waals surface area (Å²) in [5.74, 6) is -2.89. The maximum Gasteiger partial charge on any atom is 0.527 e. The van der Waals surface area contributed by atoms with Crippen LogP contribution in [0.15, 0.2) is 24.3 Å². The second-order valence-corrected chi connectivity index (χ2v) is 14.1. The van der Waals surface area contributed by atoms with Gasteiger partial charge in [0.25, 0.3) is 0 Å². The zero-order valence-electron chi connectivity index (χ0n) is 29.1. The van der Waals surface area contributed by atoms with Crippen molar-refractivity contribution in [3.05, 3.63) is 52.1 Å². The van der Waals surface area contributed by atoms with Crippen molar-refractivity contribution >= 4 is 25.7 Å². The number of hydrogen-bond donors (Lipinski definition) is 5. The van der Waals surface area contributed by atoms with Crippen LogP contribution < -0.4 is 9.84 Å². The zero-order valence-corrected chi connectivity index (χ0v) is 30.0. The molecule has 2 aromatic carbocycles. The number of carboxylic acid groups (broad SMARTS) is 3. The van der Waals surface area contributed by atoms with E-state index in [-0.39, 0.29) is 64.5 Å². The monoisotopic (exact) mass is 706 g/mol. The van der Waals surface area contributed by atoms with Gasteiger partial charge in [0.2, 0.25) is 0 Å². The summed E-state index contributed by atoms with van der Waals surface area (Å²) in [6, 6.07) is 6.85. The van der Waals surface area contributed by atoms with Gasteiger partial charge in [0.05, 0.1) is 19.7 Å². The number of carbonyl (C=O) groups is 3. The Labute approximate surface area is 288 Å². The van der Waals surface area contributed by atoms with Gasteiger partial charge in [-0.3, -0.25) is 38.5 Å². The van der Waals surface area contributed by atoms with E-state index in [4.69, 9.17) is 9.05 Å². The molecule has 14 nitrogen and oxygen atoms in total. The van der Waals surface area contributed by atoms with E-state index in [1.54, 1.807) is 27.7 Å². The highest BCUT2D eigenvalue weighted by atomic mass is 31.2. The number of phosphoric acid groups is 1. The molecule has 1 heterocycles. The molecule has 5 N–H and O–H groups in total. The second-order valence-electron chi connectivity index (χ2n) is 12.7. The molecule has 0 bridgehead atoms. The van der Waals surface area contributed by atoms with E-state index < -0.39 is 31.8 Å². The van der Waals surface area contributed by atoms with Gasteiger partial charge in [-0.15, -0.1) is 0 Å². The molecule has 1 saturated heterocycles. The number of nitrogens with one attached hydrogen (secondary N) is 1. The molecule has 272 valence electrons. The normalized spacial score (nSPS) is 17.8. The Kier molecular flexibility index (Phi) is 15.2. The molecular formula is C34H51N4O10P. The first-order valence-electron chi connectivity index (χ1n) is 16.5. The van der Waals surface area contributed by atoms with Crippen molar-refractivity contribution in [3.63, 3.8) is 0 Å². The molecule has 0 aliphatic carbocycles. The summed E-state index contributed by atoms with van der Waals surface area (Å²) in [5.41, 5.74) is 7.06. The predicted molar refractivity (Wildman–Crippen MR) is 185 cm³/mol. The number of carboxylic acids is 3. The van der Waals surface area contributed by atoms with Crippen LogP contribution in [0, 0.1) is 34.6 Å². The first-order valence-corrected chi connectivity index (χ1v) is 18.0. The molecular weight excluding hydrogens is 655 g/mol. The third-order valence-electron chi connectivity index (χ3n) is 8.62. The fourth-order valence-corrected chi connectivity index (χ4v) is 7.17. The number of rotatable bonds is 14. The summed E-state index contributed by atoms with van der Waals surface area (Å²) in [6.45, 7) is 12.1. The van der Waals surface area contributed by atoms with Gasteiger partial charge in [-0.1, -0.05) is 17.7 Å². The molecule has 2 aromatic rings. The van der Waals surface area contributed by atoms with Gasteiger partial charge < -0.3 is 25.2 Å². The smallest absolute Gasteiger partial charge is 0.480 e. The molecule has 0 saturated carbocycles. The topological polar surface area (TPSA) is 189 Å². The SMILES string of the molecule is Cc1cc(C)c(-c2cc(C)c(OP(=O)(O)OCCCC(C(=O)O)N3CCN(CC(=O)O)CCNCCN(CC(=O)O)CC3)cc2C)c(C)c1. The maximum atomic E-state index is 13.0. The third-order valence-corrected chi connectivity index (χ3v) is 9.55. The average Bonchev–Trinajstić information content (AvgIpc) is 2.97. The largest absolute Gasteiger partial charge is 0.527 e. The van der Waals surface area contributed by atoms with Crippen molar-refractivity contribution in [1.29, 1.82) is 0 Å². The molecule has 2 unspecified atom stereocenters. The molecule has 2 atom stereocenters. The summed E-state index contributed by atoms with van der Waals surface area (Å²) in [7, 11) is -4.56. The maximum absolute atomic E-state index is 13.0. The van der Waals surface area contributed by atoms with E-state index in [1.807, 2.05) is 19.9 Å². The number of hydrogen-bond acceptors (Lipinski definition) is 10. The summed E-state index contributed by atoms with van der Waals surface area (Å²) in [6.07, 6.45) is 0.183. The Bertz CT molecular complexity index is 1470. The van der Waals surface area contributed by atoms with E-state index in [9.17, 15) is 39.2 Å². The van der Waals surface area contributed by atoms with Crippen LogP contribution in [0.2, 0.25) is 0 Å². The molecule has 15 heteroatoms. The Morgan fingerprint density at radius 3 is 1.86 bits per heavy atom. The van der Waals surface area contributed by atoms with Crippen LogP contribution in [0.3, 0.4) is 0 Å². The van der Waals surface area contributed by atoms with Gasteiger partial charge >= 0.3 is 25.7 Å². The van der Waals surface area contributed by atoms with Crippen LogP contribution in [0.5, 0.6) is 5.75 Å². The Morgan fingerprint density at radius 2 is 1.35 bits per heavy atom. The summed E-state index contributed by atoms with van der Waals surface area (Å²) >= 11 is 0. The lowest BCUT2D eigenvalue weighted by Gasteiger charge is -2.34. The minimum absolute atomic E-state index is 0.0663. The van der Waals surface area contributed by atoms with E-state index in [0.717, 1.165) is 27.8 Å². The Balaban J connectivity index is 1.67. The van der Waals surface area contributed by atoms with Gasteiger partial charge in [-0.2, -0.15) is 0 Å². The average molecular weight is 707 g/mol. The van der Waals surface area contributed by atoms with Crippen molar-refractivity contribution in [1.82, 2.24) is 20.0 Å². The highest BCUT2D eigenvalue weighted by molar-refractivity contribution is 7.47. The molecule has 0 radical (unpaired) electrons. The standard InChI is InChI=1S/C34H51N4O10P/c1-23-17-26(4)33(27(5)18-23)28-19-25(3)30(20-24(28)2)48-49(45,46)47-16-6-7-29(34(43)44)38-14-12-36(21-31(39)40)10-8-35-9-11-37(13-15-38)22-32(41)42/h17-20,29,35H,6-16,21-22H2,1-5H3,(H,39,40)(H,41,42)(H,43,44)(H,45,46). The van der Waals surface area contributed by atoms with E-state index in [1.165, 1.54) is 5.56 Å². The molecule has 1 aliphatic rings. The van der Waals surface area contributed by atoms with E-state index in [0.29, 0.717) is 31.7 Å². The highest BCUT2D eigenvalue weighted by Gasteiger charge is 2.29. The molecule has 3 rings (SSSR count). The van der Waals surface area contributed by atoms with Crippen LogP contribution in [0.4, 0.5) is 0 Å². The fourth-order valence-electron chi connectivity index (χ4n) is 6.32. The van der Waals surface area contributed by atoms with Gasteiger partial charge in [0.1, 0.15) is 11.8 Å². The molecule has 1 aliphatic heterocycles. The number of aliphatic carboxylic acids is 3. The van der Waals surface area contributed by atoms with Gasteiger partial charge in [0, 0.05) is 52.4 Å². The second kappa shape index (κ2) is 18.6. The summed E-state index contributed by atoms with van der Waals surface area (Å²) < 4.78 is 23.7. The fraction of sp³-hybridized carbons (Fsp3) is 0.559. The number of benzene rings is 2. The minimum atomic E-state index is -4.56. The highest BCUT2D eigenvalue weighted by Crippen LogP contribution is 2.46. The van der Waals surface area contributed by atoms with Crippen molar-refractivity contribution < 1.29 is 48.2 Å². The van der Waals surface area contributed by atoms with Crippen molar-refractivity contribution in [2.24, 2.45) is 0 Å². The number of phosphoric ester groups is 1. The van der Waals surface area contributed by atoms with Gasteiger partial charge in [-0.25, -0.2) is 4.57 Å². The first kappa shape index (κ1) is 40.1. The Morgan fingerprint density at radius 1 is 0.796 bits per heavy atom. The van der Waals surface area contributed by atoms with Crippen LogP contribution >= 0.6 is 7.82 Å². The lowest BCUT2D eigenvalue weighted by Crippen LogP contribution is -2.51. The minimum Gasteiger partial charge on any atom is -0.480 e. The van der Waals surface area contributed by atoms with Crippen LogP contribution in [-0.2, 0) is 23.5 Å². The quantitative estimate of drug-likeness (QED) is 0.142. The van der Waals surface area contributed by atoms with E-state index >= 15 is 0 Å². The number of nitrogens with zero attached hydrogens (tertiary/aromatic N) is 3. The lowest BCUT2D eigenvalue weighted by atomic mass is 9.90. The van der Waals surface area contributed by atoms with Crippen molar-refractivity contribution in [2.75, 3.05) is 72.1 Å². The number of aryl methyl sites for hydroxylation is 5. The zero-order chi connectivity index (χ0) is 36.3. The predicted octanol–water partition coefficient (Wildman–Crippen LogP) is 3.30.